The van der Waals surface area contributed by atoms with Gasteiger partial charge in [0.05, 0.1) is 0 Å². The second-order valence-corrected chi connectivity index (χ2v) is 33.9. The molecule has 0 saturated carbocycles. The number of rotatable bonds is 80. The summed E-state index contributed by atoms with van der Waals surface area (Å²) in [6.07, 6.45) is 107. The molecular formula is C100H180N2Pd. The van der Waals surface area contributed by atoms with Crippen LogP contribution >= 0.6 is 0 Å². The number of aryl methyl sites for hydroxylation is 4. The molecule has 3 heteroatoms. The first-order valence-electron chi connectivity index (χ1n) is 47.7. The summed E-state index contributed by atoms with van der Waals surface area (Å²) in [5.74, 6) is 0. The number of unbranched alkanes of at least 4 members (excludes halogenated alkanes) is 66. The molecule has 0 aromatic heterocycles. The second kappa shape index (κ2) is 74.3. The molecule has 103 heavy (non-hydrogen) atoms. The van der Waals surface area contributed by atoms with Crippen LogP contribution in [0.4, 0.5) is 0 Å². The molecule has 2 aromatic rings. The molecule has 0 bridgehead atoms. The SMILES string of the molecule is CCCCCCCCCCCCCCCCCCCCCCCCCCCc1cc(CCCCCCCC)cc(C2=C(CCCCCC)C(CCCCCCCC)=C(c3cc(CCCCCCCC)cc(CCCCCCCCCCCCCCCCCCCCCCCCCCC)c3)[N+]2=[N-])c1.[Pd]. The molecular weight excluding hydrogens is 1340 g/mol. The molecule has 0 saturated heterocycles. The van der Waals surface area contributed by atoms with E-state index in [9.17, 15) is 5.53 Å². The van der Waals surface area contributed by atoms with Crippen LogP contribution in [0.25, 0.3) is 16.9 Å². The smallest absolute Gasteiger partial charge is 0.211 e. The summed E-state index contributed by atoms with van der Waals surface area (Å²) in [4.78, 5) is 0. The maximum atomic E-state index is 13.4. The average molecular weight is 1520 g/mol. The van der Waals surface area contributed by atoms with Crippen molar-refractivity contribution >= 4 is 11.4 Å². The number of hydrogen-bond donors (Lipinski definition) is 0. The Balaban J connectivity index is 0.0000361. The van der Waals surface area contributed by atoms with E-state index in [1.165, 1.54) is 507 Å². The van der Waals surface area contributed by atoms with E-state index in [-0.39, 0.29) is 20.4 Å². The number of allylic oxidation sites excluding steroid dienone is 2. The minimum atomic E-state index is 0. The first-order chi connectivity index (χ1) is 50.5. The van der Waals surface area contributed by atoms with Crippen molar-refractivity contribution < 1.29 is 25.1 Å². The van der Waals surface area contributed by atoms with E-state index in [1.54, 1.807) is 4.70 Å². The van der Waals surface area contributed by atoms with Crippen LogP contribution in [0.1, 0.15) is 550 Å². The summed E-state index contributed by atoms with van der Waals surface area (Å²) in [6.45, 7) is 14.0. The first kappa shape index (κ1) is 97.3. The van der Waals surface area contributed by atoms with Crippen LogP contribution in [0.3, 0.4) is 0 Å². The molecule has 1 aliphatic heterocycles. The Bertz CT molecular complexity index is 2230. The minimum Gasteiger partial charge on any atom is -0.493 e. The Labute approximate surface area is 660 Å². The normalized spacial score (nSPS) is 12.5. The molecule has 600 valence electrons. The maximum Gasteiger partial charge on any atom is 0.211 e. The van der Waals surface area contributed by atoms with Gasteiger partial charge in [-0.3, -0.25) is 0 Å². The van der Waals surface area contributed by atoms with Crippen LogP contribution in [-0.4, -0.2) is 4.70 Å². The zero-order chi connectivity index (χ0) is 72.7. The monoisotopic (exact) mass is 1520 g/mol. The molecule has 0 amide bonds. The van der Waals surface area contributed by atoms with Crippen molar-refractivity contribution in [3.63, 3.8) is 0 Å². The van der Waals surface area contributed by atoms with E-state index >= 15 is 0 Å². The van der Waals surface area contributed by atoms with Gasteiger partial charge in [-0.1, -0.05) is 477 Å². The standard InChI is InChI=1S/C100H180N2.Pd/c1-7-13-19-25-30-32-34-36-38-40-42-44-46-48-50-52-54-56-58-60-62-64-66-70-75-81-93-85-91(79-73-68-27-21-15-9-3)87-95(89-93)99-97(83-77-24-18-12-6)98(84-78-72-29-23-17-11-5)100(102(99)101)96-88-92(80-74-69-28-22-16-10-4)86-94(90-96)82-76-71-67-65-63-61-59-57-55-53-51-49-47-45-43-41-39-37-35-33-31-26-20-14-8-2;/h85-90H,7-84H2,1-6H3;. The van der Waals surface area contributed by atoms with Gasteiger partial charge in [0, 0.05) is 42.7 Å². The quantitative estimate of drug-likeness (QED) is 0.0358. The molecule has 0 atom stereocenters. The Morgan fingerprint density at radius 3 is 0.456 bits per heavy atom. The summed E-state index contributed by atoms with van der Waals surface area (Å²) in [5, 5.41) is 0. The van der Waals surface area contributed by atoms with Gasteiger partial charge in [-0.2, -0.15) is 0 Å². The fourth-order valence-electron chi connectivity index (χ4n) is 17.1. The van der Waals surface area contributed by atoms with E-state index in [1.807, 2.05) is 0 Å². The fourth-order valence-corrected chi connectivity index (χ4v) is 17.1. The van der Waals surface area contributed by atoms with Crippen molar-refractivity contribution in [2.45, 2.75) is 542 Å². The Kier molecular flexibility index (Phi) is 70.1. The van der Waals surface area contributed by atoms with Crippen LogP contribution < -0.4 is 0 Å². The molecule has 2 aromatic carbocycles. The summed E-state index contributed by atoms with van der Waals surface area (Å²) < 4.78 is 1.80. The molecule has 0 fully saturated rings. The van der Waals surface area contributed by atoms with E-state index in [0.717, 1.165) is 49.9 Å². The largest absolute Gasteiger partial charge is 0.493 e. The number of hydrogen-bond acceptors (Lipinski definition) is 0. The van der Waals surface area contributed by atoms with Crippen molar-refractivity contribution in [3.05, 3.63) is 86.5 Å². The van der Waals surface area contributed by atoms with E-state index in [4.69, 9.17) is 0 Å². The summed E-state index contributed by atoms with van der Waals surface area (Å²) >= 11 is 0. The second-order valence-electron chi connectivity index (χ2n) is 33.9. The third-order valence-corrected chi connectivity index (χ3v) is 23.8. The van der Waals surface area contributed by atoms with Crippen molar-refractivity contribution in [2.75, 3.05) is 0 Å². The van der Waals surface area contributed by atoms with Crippen molar-refractivity contribution in [1.29, 1.82) is 0 Å². The Hall–Kier alpha value is -1.82. The summed E-state index contributed by atoms with van der Waals surface area (Å²) in [6, 6.07) is 15.4. The Morgan fingerprint density at radius 1 is 0.175 bits per heavy atom. The molecule has 3 rings (SSSR count). The molecule has 0 spiro atoms. The van der Waals surface area contributed by atoms with Gasteiger partial charge < -0.3 is 5.53 Å². The van der Waals surface area contributed by atoms with Crippen LogP contribution in [0.2, 0.25) is 0 Å². The third kappa shape index (κ3) is 53.6. The summed E-state index contributed by atoms with van der Waals surface area (Å²) in [5.41, 5.74) is 27.2. The van der Waals surface area contributed by atoms with Gasteiger partial charge in [0.1, 0.15) is 0 Å². The first-order valence-corrected chi connectivity index (χ1v) is 47.7. The van der Waals surface area contributed by atoms with Crippen LogP contribution in [0.15, 0.2) is 47.5 Å². The fraction of sp³-hybridized carbons (Fsp3) is 0.840. The topological polar surface area (TPSA) is 25.3 Å². The van der Waals surface area contributed by atoms with Crippen LogP contribution in [0, 0.1) is 0 Å². The molecule has 0 unspecified atom stereocenters. The van der Waals surface area contributed by atoms with Crippen molar-refractivity contribution in [3.8, 4) is 0 Å². The zero-order valence-corrected chi connectivity index (χ0v) is 72.4. The van der Waals surface area contributed by atoms with Crippen molar-refractivity contribution in [2.24, 2.45) is 0 Å². The van der Waals surface area contributed by atoms with Gasteiger partial charge in [0.15, 0.2) is 0 Å². The van der Waals surface area contributed by atoms with Gasteiger partial charge in [-0.25, -0.2) is 4.70 Å². The zero-order valence-electron chi connectivity index (χ0n) is 70.8. The van der Waals surface area contributed by atoms with Gasteiger partial charge in [0.25, 0.3) is 0 Å². The average Bonchev–Trinajstić information content (AvgIpc) is 1.61. The van der Waals surface area contributed by atoms with E-state index < -0.39 is 0 Å². The molecule has 0 radical (unpaired) electrons. The van der Waals surface area contributed by atoms with Crippen molar-refractivity contribution in [1.82, 2.24) is 0 Å². The number of benzene rings is 2. The summed E-state index contributed by atoms with van der Waals surface area (Å²) in [7, 11) is 0. The third-order valence-electron chi connectivity index (χ3n) is 23.8. The molecule has 0 N–H and O–H groups in total. The Morgan fingerprint density at radius 2 is 0.301 bits per heavy atom. The van der Waals surface area contributed by atoms with Crippen LogP contribution in [-0.2, 0) is 46.1 Å². The molecule has 0 aliphatic carbocycles. The number of nitrogens with zero attached hydrogens (tertiary/aromatic N) is 2. The predicted octanol–water partition coefficient (Wildman–Crippen LogP) is 36.0. The molecule has 2 nitrogen and oxygen atoms in total. The van der Waals surface area contributed by atoms with E-state index in [0.29, 0.717) is 0 Å². The minimum absolute atomic E-state index is 0. The van der Waals surface area contributed by atoms with Gasteiger partial charge in [-0.05, 0) is 124 Å². The maximum absolute atomic E-state index is 13.4. The van der Waals surface area contributed by atoms with Gasteiger partial charge in [-0.15, -0.1) is 0 Å². The van der Waals surface area contributed by atoms with Crippen LogP contribution in [0.5, 0.6) is 0 Å². The van der Waals surface area contributed by atoms with Gasteiger partial charge in [0.2, 0.25) is 11.4 Å². The van der Waals surface area contributed by atoms with Gasteiger partial charge >= 0.3 is 0 Å². The van der Waals surface area contributed by atoms with E-state index in [2.05, 4.69) is 77.9 Å². The predicted molar refractivity (Wildman–Crippen MR) is 461 cm³/mol. The molecule has 1 aliphatic rings. The molecule has 1 heterocycles.